The third-order valence-electron chi connectivity index (χ3n) is 5.65. The van der Waals surface area contributed by atoms with Gasteiger partial charge in [-0.25, -0.2) is 0 Å². The number of rotatable bonds is 6. The van der Waals surface area contributed by atoms with E-state index in [1.54, 1.807) is 13.2 Å². The highest BCUT2D eigenvalue weighted by molar-refractivity contribution is 5.33. The molecule has 1 aliphatic heterocycles. The molecule has 2 aromatic rings. The molecule has 0 amide bonds. The Morgan fingerprint density at radius 2 is 1.89 bits per heavy atom. The van der Waals surface area contributed by atoms with Crippen LogP contribution in [0.5, 0.6) is 5.88 Å². The zero-order valence-electron chi connectivity index (χ0n) is 17.7. The Bertz CT molecular complexity index is 844. The predicted octanol–water partition coefficient (Wildman–Crippen LogP) is 3.77. The number of aromatic amines is 1. The van der Waals surface area contributed by atoms with Crippen molar-refractivity contribution >= 4 is 0 Å². The second kappa shape index (κ2) is 8.93. The zero-order chi connectivity index (χ0) is 20.3. The number of hydrogen-bond donors (Lipinski definition) is 1. The molecule has 28 heavy (non-hydrogen) atoms. The van der Waals surface area contributed by atoms with Crippen LogP contribution in [0.15, 0.2) is 41.2 Å². The van der Waals surface area contributed by atoms with Crippen LogP contribution in [0.4, 0.5) is 0 Å². The number of benzene rings is 1. The normalized spacial score (nSPS) is 18.8. The van der Waals surface area contributed by atoms with E-state index in [9.17, 15) is 4.79 Å². The van der Waals surface area contributed by atoms with Crippen molar-refractivity contribution in [3.63, 3.8) is 0 Å². The van der Waals surface area contributed by atoms with E-state index >= 15 is 0 Å². The lowest BCUT2D eigenvalue weighted by Gasteiger charge is -2.44. The molecule has 5 nitrogen and oxygen atoms in total. The van der Waals surface area contributed by atoms with Crippen LogP contribution >= 0.6 is 0 Å². The Morgan fingerprint density at radius 1 is 1.14 bits per heavy atom. The van der Waals surface area contributed by atoms with Crippen LogP contribution in [-0.4, -0.2) is 47.6 Å². The van der Waals surface area contributed by atoms with Gasteiger partial charge in [0.2, 0.25) is 0 Å². The summed E-state index contributed by atoms with van der Waals surface area (Å²) in [5, 5.41) is 0. The van der Waals surface area contributed by atoms with Gasteiger partial charge in [-0.3, -0.25) is 19.6 Å². The van der Waals surface area contributed by atoms with Gasteiger partial charge in [0.1, 0.15) is 0 Å². The largest absolute Gasteiger partial charge is 0.482 e. The van der Waals surface area contributed by atoms with E-state index in [1.807, 2.05) is 6.07 Å². The first-order valence-corrected chi connectivity index (χ1v) is 10.2. The second-order valence-corrected chi connectivity index (χ2v) is 8.29. The number of H-pyrrole nitrogens is 1. The van der Waals surface area contributed by atoms with Crippen molar-refractivity contribution < 1.29 is 4.74 Å². The van der Waals surface area contributed by atoms with E-state index < -0.39 is 0 Å². The molecule has 0 spiro atoms. The fourth-order valence-electron chi connectivity index (χ4n) is 4.26. The second-order valence-electron chi connectivity index (χ2n) is 8.29. The van der Waals surface area contributed by atoms with E-state index in [0.717, 1.165) is 31.7 Å². The van der Waals surface area contributed by atoms with Crippen molar-refractivity contribution in [1.82, 2.24) is 14.8 Å². The van der Waals surface area contributed by atoms with Crippen molar-refractivity contribution in [3.8, 4) is 5.88 Å². The third-order valence-corrected chi connectivity index (χ3v) is 5.65. The molecule has 1 aromatic heterocycles. The van der Waals surface area contributed by atoms with Gasteiger partial charge >= 0.3 is 0 Å². The predicted molar refractivity (Wildman–Crippen MR) is 114 cm³/mol. The first kappa shape index (κ1) is 20.6. The molecule has 1 atom stereocenters. The summed E-state index contributed by atoms with van der Waals surface area (Å²) >= 11 is 0. The number of pyridine rings is 1. The minimum atomic E-state index is -0.114. The van der Waals surface area contributed by atoms with Gasteiger partial charge in [0, 0.05) is 50.4 Å². The maximum Gasteiger partial charge on any atom is 0.250 e. The van der Waals surface area contributed by atoms with Crippen LogP contribution in [0.3, 0.4) is 0 Å². The average molecular weight is 384 g/mol. The van der Waals surface area contributed by atoms with E-state index in [4.69, 9.17) is 4.74 Å². The lowest BCUT2D eigenvalue weighted by atomic mass is 9.90. The van der Waals surface area contributed by atoms with Crippen molar-refractivity contribution in [2.75, 3.05) is 26.7 Å². The van der Waals surface area contributed by atoms with Crippen molar-refractivity contribution in [2.45, 2.75) is 52.2 Å². The summed E-state index contributed by atoms with van der Waals surface area (Å²) in [6, 6.07) is 13.3. The Morgan fingerprint density at radius 3 is 2.57 bits per heavy atom. The molecule has 1 aliphatic rings. The summed E-state index contributed by atoms with van der Waals surface area (Å²) in [6.07, 6.45) is 0. The van der Waals surface area contributed by atoms with E-state index in [1.165, 1.54) is 11.1 Å². The number of methoxy groups -OCH3 is 1. The summed E-state index contributed by atoms with van der Waals surface area (Å²) < 4.78 is 5.22. The summed E-state index contributed by atoms with van der Waals surface area (Å²) in [6.45, 7) is 12.8. The topological polar surface area (TPSA) is 48.6 Å². The highest BCUT2D eigenvalue weighted by Gasteiger charge is 2.31. The number of nitrogens with one attached hydrogen (secondary N) is 1. The zero-order valence-corrected chi connectivity index (χ0v) is 17.7. The molecule has 0 bridgehead atoms. The number of aromatic nitrogens is 1. The van der Waals surface area contributed by atoms with Gasteiger partial charge in [-0.1, -0.05) is 38.1 Å². The molecule has 1 fully saturated rings. The Hall–Kier alpha value is -2.11. The molecule has 1 unspecified atom stereocenters. The van der Waals surface area contributed by atoms with Crippen LogP contribution < -0.4 is 10.3 Å². The van der Waals surface area contributed by atoms with Crippen LogP contribution in [-0.2, 0) is 6.54 Å². The van der Waals surface area contributed by atoms with Crippen LogP contribution in [0, 0.1) is 0 Å². The molecule has 0 saturated carbocycles. The summed E-state index contributed by atoms with van der Waals surface area (Å²) in [5.74, 6) is 1.02. The maximum absolute atomic E-state index is 11.9. The molecule has 0 aliphatic carbocycles. The fraction of sp³-hybridized carbons (Fsp3) is 0.522. The van der Waals surface area contributed by atoms with Crippen molar-refractivity contribution in [2.24, 2.45) is 0 Å². The molecule has 1 aromatic carbocycles. The van der Waals surface area contributed by atoms with Crippen molar-refractivity contribution in [3.05, 3.63) is 63.4 Å². The minimum absolute atomic E-state index is 0.114. The lowest BCUT2D eigenvalue weighted by Crippen LogP contribution is -2.50. The number of ether oxygens (including phenoxy) is 1. The van der Waals surface area contributed by atoms with Crippen molar-refractivity contribution in [1.29, 1.82) is 0 Å². The minimum Gasteiger partial charge on any atom is -0.482 e. The molecule has 152 valence electrons. The highest BCUT2D eigenvalue weighted by Crippen LogP contribution is 2.33. The Labute approximate surface area is 168 Å². The molecule has 5 heteroatoms. The number of nitrogens with zero attached hydrogens (tertiary/aromatic N) is 2. The number of hydrogen-bond acceptors (Lipinski definition) is 4. The molecule has 0 radical (unpaired) electrons. The quantitative estimate of drug-likeness (QED) is 0.825. The summed E-state index contributed by atoms with van der Waals surface area (Å²) in [7, 11) is 1.58. The van der Waals surface area contributed by atoms with E-state index in [0.29, 0.717) is 23.9 Å². The van der Waals surface area contributed by atoms with Gasteiger partial charge in [0.25, 0.3) is 5.56 Å². The smallest absolute Gasteiger partial charge is 0.250 e. The molecule has 3 rings (SSSR count). The number of piperazine rings is 1. The van der Waals surface area contributed by atoms with Gasteiger partial charge < -0.3 is 4.74 Å². The monoisotopic (exact) mass is 383 g/mol. The Balaban J connectivity index is 1.87. The van der Waals surface area contributed by atoms with Crippen LogP contribution in [0.25, 0.3) is 0 Å². The maximum atomic E-state index is 11.9. The molecule has 1 N–H and O–H groups in total. The first-order chi connectivity index (χ1) is 13.4. The summed E-state index contributed by atoms with van der Waals surface area (Å²) in [5.41, 5.74) is 3.74. The Kier molecular flexibility index (Phi) is 6.57. The molecular formula is C23H33N3O2. The SMILES string of the molecule is COc1cc(CN2CCN(C(C)C)C(c3ccccc3C(C)C)C2)cc(=O)[nH]1. The molecule has 2 heterocycles. The lowest BCUT2D eigenvalue weighted by molar-refractivity contribution is 0.0462. The van der Waals surface area contributed by atoms with Gasteiger partial charge in [-0.05, 0) is 36.5 Å². The van der Waals surface area contributed by atoms with Gasteiger partial charge in [0.15, 0.2) is 5.88 Å². The van der Waals surface area contributed by atoms with E-state index in [2.05, 4.69) is 66.7 Å². The van der Waals surface area contributed by atoms with Gasteiger partial charge in [-0.15, -0.1) is 0 Å². The fourth-order valence-corrected chi connectivity index (χ4v) is 4.26. The van der Waals surface area contributed by atoms with E-state index in [-0.39, 0.29) is 5.56 Å². The molecule has 1 saturated heterocycles. The summed E-state index contributed by atoms with van der Waals surface area (Å²) in [4.78, 5) is 19.7. The van der Waals surface area contributed by atoms with Crippen LogP contribution in [0.1, 0.15) is 56.3 Å². The first-order valence-electron chi connectivity index (χ1n) is 10.2. The highest BCUT2D eigenvalue weighted by atomic mass is 16.5. The van der Waals surface area contributed by atoms with Gasteiger partial charge in [0.05, 0.1) is 7.11 Å². The molecular weight excluding hydrogens is 350 g/mol. The average Bonchev–Trinajstić information content (AvgIpc) is 2.67. The van der Waals surface area contributed by atoms with Gasteiger partial charge in [-0.2, -0.15) is 0 Å². The third kappa shape index (κ3) is 4.65. The standard InChI is InChI=1S/C23H33N3O2/c1-16(2)19-8-6-7-9-20(19)21-15-25(10-11-26(21)17(3)4)14-18-12-22(27)24-23(13-18)28-5/h6-9,12-13,16-17,21H,10-11,14-15H2,1-5H3,(H,24,27). The van der Waals surface area contributed by atoms with Crippen LogP contribution in [0.2, 0.25) is 0 Å².